The van der Waals surface area contributed by atoms with Gasteiger partial charge in [-0.1, -0.05) is 0 Å². The molecule has 0 aliphatic rings. The Hall–Kier alpha value is -1.52. The van der Waals surface area contributed by atoms with Gasteiger partial charge in [-0.05, 0) is 6.92 Å². The summed E-state index contributed by atoms with van der Waals surface area (Å²) < 4.78 is 1.30. The van der Waals surface area contributed by atoms with Gasteiger partial charge in [0, 0.05) is 11.8 Å². The third-order valence-electron chi connectivity index (χ3n) is 1.28. The first kappa shape index (κ1) is 7.59. The molecular formula is C6H9N3O2. The summed E-state index contributed by atoms with van der Waals surface area (Å²) in [6.07, 6.45) is 1.60. The smallest absolute Gasteiger partial charge is 0.325 e. The molecule has 0 amide bonds. The molecule has 1 heterocycles. The van der Waals surface area contributed by atoms with Crippen molar-refractivity contribution in [3.63, 3.8) is 0 Å². The lowest BCUT2D eigenvalue weighted by molar-refractivity contribution is -0.137. The van der Waals surface area contributed by atoms with Gasteiger partial charge in [-0.2, -0.15) is 5.10 Å². The molecule has 0 unspecified atom stereocenters. The van der Waals surface area contributed by atoms with Crippen molar-refractivity contribution in [1.82, 2.24) is 9.78 Å². The lowest BCUT2D eigenvalue weighted by atomic mass is 10.4. The molecule has 1 aromatic heterocycles. The number of carboxylic acid groups (broad SMARTS) is 1. The van der Waals surface area contributed by atoms with Crippen LogP contribution in [0.5, 0.6) is 0 Å². The maximum atomic E-state index is 10.2. The number of hydrogen-bond acceptors (Lipinski definition) is 3. The van der Waals surface area contributed by atoms with E-state index in [4.69, 9.17) is 10.8 Å². The van der Waals surface area contributed by atoms with Crippen LogP contribution in [0.25, 0.3) is 0 Å². The largest absolute Gasteiger partial charge is 0.480 e. The Morgan fingerprint density at radius 3 is 2.91 bits per heavy atom. The number of aliphatic carboxylic acids is 1. The van der Waals surface area contributed by atoms with E-state index in [0.29, 0.717) is 5.82 Å². The zero-order valence-corrected chi connectivity index (χ0v) is 6.11. The molecule has 1 rings (SSSR count). The van der Waals surface area contributed by atoms with Crippen LogP contribution in [-0.2, 0) is 11.3 Å². The minimum absolute atomic E-state index is 0.141. The highest BCUT2D eigenvalue weighted by Crippen LogP contribution is 2.05. The van der Waals surface area contributed by atoms with Crippen LogP contribution in [0.2, 0.25) is 0 Å². The minimum atomic E-state index is -0.924. The van der Waals surface area contributed by atoms with Crippen LogP contribution in [0.4, 0.5) is 5.82 Å². The molecule has 0 atom stereocenters. The number of carboxylic acids is 1. The van der Waals surface area contributed by atoms with Gasteiger partial charge in [-0.25, -0.2) is 0 Å². The molecule has 11 heavy (non-hydrogen) atoms. The van der Waals surface area contributed by atoms with Crippen LogP contribution in [0.3, 0.4) is 0 Å². The van der Waals surface area contributed by atoms with E-state index in [9.17, 15) is 4.79 Å². The number of aromatic nitrogens is 2. The van der Waals surface area contributed by atoms with Crippen LogP contribution in [0, 0.1) is 6.92 Å². The van der Waals surface area contributed by atoms with E-state index >= 15 is 0 Å². The van der Waals surface area contributed by atoms with E-state index in [1.165, 1.54) is 4.68 Å². The third kappa shape index (κ3) is 1.70. The molecule has 0 fully saturated rings. The van der Waals surface area contributed by atoms with Gasteiger partial charge in [0.05, 0.1) is 0 Å². The van der Waals surface area contributed by atoms with E-state index in [-0.39, 0.29) is 6.54 Å². The average Bonchev–Trinajstić information content (AvgIpc) is 2.10. The van der Waals surface area contributed by atoms with Gasteiger partial charge in [-0.15, -0.1) is 0 Å². The number of rotatable bonds is 2. The number of hydrogen-bond donors (Lipinski definition) is 2. The van der Waals surface area contributed by atoms with Gasteiger partial charge in [0.1, 0.15) is 12.4 Å². The highest BCUT2D eigenvalue weighted by Gasteiger charge is 2.03. The summed E-state index contributed by atoms with van der Waals surface area (Å²) in [5, 5.41) is 12.1. The van der Waals surface area contributed by atoms with Crippen molar-refractivity contribution in [1.29, 1.82) is 0 Å². The Kier molecular flexibility index (Phi) is 1.80. The van der Waals surface area contributed by atoms with Crippen molar-refractivity contribution in [2.45, 2.75) is 13.5 Å². The van der Waals surface area contributed by atoms with Crippen molar-refractivity contribution < 1.29 is 9.90 Å². The molecule has 3 N–H and O–H groups in total. The highest BCUT2D eigenvalue weighted by atomic mass is 16.4. The number of nitrogens with two attached hydrogens (primary N) is 1. The summed E-state index contributed by atoms with van der Waals surface area (Å²) in [5.41, 5.74) is 6.19. The monoisotopic (exact) mass is 155 g/mol. The van der Waals surface area contributed by atoms with E-state index in [2.05, 4.69) is 5.10 Å². The Balaban J connectivity index is 2.81. The standard InChI is InChI=1S/C6H9N3O2/c1-4-2-9(3-5(10)11)8-6(4)7/h2H,3H2,1H3,(H2,7,8)(H,10,11). The average molecular weight is 155 g/mol. The van der Waals surface area contributed by atoms with Crippen molar-refractivity contribution in [2.24, 2.45) is 0 Å². The molecule has 5 heteroatoms. The Morgan fingerprint density at radius 2 is 2.55 bits per heavy atom. The first-order chi connectivity index (χ1) is 5.09. The SMILES string of the molecule is Cc1cn(CC(=O)O)nc1N. The van der Waals surface area contributed by atoms with Gasteiger partial charge < -0.3 is 10.8 Å². The fourth-order valence-corrected chi connectivity index (χ4v) is 0.755. The fraction of sp³-hybridized carbons (Fsp3) is 0.333. The molecular weight excluding hydrogens is 146 g/mol. The number of nitrogens with zero attached hydrogens (tertiary/aromatic N) is 2. The summed E-state index contributed by atoms with van der Waals surface area (Å²) in [7, 11) is 0. The van der Waals surface area contributed by atoms with E-state index in [1.807, 2.05) is 0 Å². The van der Waals surface area contributed by atoms with E-state index in [1.54, 1.807) is 13.1 Å². The summed E-state index contributed by atoms with van der Waals surface area (Å²) in [6.45, 7) is 1.64. The van der Waals surface area contributed by atoms with Crippen LogP contribution in [0.1, 0.15) is 5.56 Å². The molecule has 0 aliphatic heterocycles. The number of anilines is 1. The zero-order chi connectivity index (χ0) is 8.43. The molecule has 0 radical (unpaired) electrons. The van der Waals surface area contributed by atoms with Crippen LogP contribution in [-0.4, -0.2) is 20.9 Å². The normalized spacial score (nSPS) is 9.91. The molecule has 60 valence electrons. The van der Waals surface area contributed by atoms with Crippen molar-refractivity contribution >= 4 is 11.8 Å². The first-order valence-corrected chi connectivity index (χ1v) is 3.11. The second-order valence-corrected chi connectivity index (χ2v) is 2.29. The quantitative estimate of drug-likeness (QED) is 0.622. The van der Waals surface area contributed by atoms with Gasteiger partial charge in [0.25, 0.3) is 0 Å². The molecule has 0 saturated heterocycles. The second kappa shape index (κ2) is 2.61. The predicted octanol–water partition coefficient (Wildman–Crippen LogP) is -0.142. The second-order valence-electron chi connectivity index (χ2n) is 2.29. The summed E-state index contributed by atoms with van der Waals surface area (Å²) in [4.78, 5) is 10.2. The highest BCUT2D eigenvalue weighted by molar-refractivity contribution is 5.66. The van der Waals surface area contributed by atoms with Crippen LogP contribution in [0.15, 0.2) is 6.20 Å². The summed E-state index contributed by atoms with van der Waals surface area (Å²) in [6, 6.07) is 0. The Morgan fingerprint density at radius 1 is 1.91 bits per heavy atom. The van der Waals surface area contributed by atoms with Crippen molar-refractivity contribution in [3.8, 4) is 0 Å². The van der Waals surface area contributed by atoms with Gasteiger partial charge in [0.2, 0.25) is 0 Å². The fourth-order valence-electron chi connectivity index (χ4n) is 0.755. The van der Waals surface area contributed by atoms with Gasteiger partial charge in [-0.3, -0.25) is 9.48 Å². The van der Waals surface area contributed by atoms with E-state index < -0.39 is 5.97 Å². The lowest BCUT2D eigenvalue weighted by Gasteiger charge is -1.92. The van der Waals surface area contributed by atoms with E-state index in [0.717, 1.165) is 5.56 Å². The Bertz CT molecular complexity index is 260. The maximum Gasteiger partial charge on any atom is 0.325 e. The summed E-state index contributed by atoms with van der Waals surface area (Å²) >= 11 is 0. The van der Waals surface area contributed by atoms with Crippen molar-refractivity contribution in [2.75, 3.05) is 5.73 Å². The molecule has 1 aromatic rings. The van der Waals surface area contributed by atoms with Crippen LogP contribution < -0.4 is 5.73 Å². The molecule has 0 aromatic carbocycles. The van der Waals surface area contributed by atoms with Gasteiger partial charge in [0.15, 0.2) is 0 Å². The molecule has 0 saturated carbocycles. The first-order valence-electron chi connectivity index (χ1n) is 3.11. The van der Waals surface area contributed by atoms with Crippen molar-refractivity contribution in [3.05, 3.63) is 11.8 Å². The number of nitrogen functional groups attached to an aromatic ring is 1. The third-order valence-corrected chi connectivity index (χ3v) is 1.28. The number of aryl methyl sites for hydroxylation is 1. The lowest BCUT2D eigenvalue weighted by Crippen LogP contribution is -2.09. The molecule has 0 spiro atoms. The van der Waals surface area contributed by atoms with Crippen LogP contribution >= 0.6 is 0 Å². The summed E-state index contributed by atoms with van der Waals surface area (Å²) in [5.74, 6) is -0.543. The molecule has 0 aliphatic carbocycles. The molecule has 0 bridgehead atoms. The predicted molar refractivity (Wildman–Crippen MR) is 39.0 cm³/mol. The topological polar surface area (TPSA) is 81.1 Å². The number of carbonyl (C=O) groups is 1. The zero-order valence-electron chi connectivity index (χ0n) is 6.11. The Labute approximate surface area is 63.4 Å². The maximum absolute atomic E-state index is 10.2. The molecule has 5 nitrogen and oxygen atoms in total. The minimum Gasteiger partial charge on any atom is -0.480 e. The van der Waals surface area contributed by atoms with Gasteiger partial charge >= 0.3 is 5.97 Å².